The molecular formula is C27H33NO6. The number of aliphatic hydroxyl groups excluding tert-OH is 1. The maximum absolute atomic E-state index is 13.1. The van der Waals surface area contributed by atoms with Gasteiger partial charge in [0.25, 0.3) is 11.7 Å². The van der Waals surface area contributed by atoms with Gasteiger partial charge in [-0.3, -0.25) is 9.59 Å². The van der Waals surface area contributed by atoms with Gasteiger partial charge in [0.05, 0.1) is 31.4 Å². The molecule has 0 saturated carbocycles. The number of benzene rings is 2. The van der Waals surface area contributed by atoms with Crippen molar-refractivity contribution in [3.05, 3.63) is 58.7 Å². The number of rotatable bonds is 9. The monoisotopic (exact) mass is 467 g/mol. The molecule has 1 aliphatic rings. The lowest BCUT2D eigenvalue weighted by atomic mass is 9.94. The molecule has 1 fully saturated rings. The molecule has 1 atom stereocenters. The molecule has 1 aliphatic heterocycles. The van der Waals surface area contributed by atoms with Crippen molar-refractivity contribution in [1.29, 1.82) is 0 Å². The Labute approximate surface area is 200 Å². The first-order valence-corrected chi connectivity index (χ1v) is 11.6. The van der Waals surface area contributed by atoms with Crippen LogP contribution in [0.5, 0.6) is 17.2 Å². The first kappa shape index (κ1) is 25.1. The number of carbonyl (C=O) groups excluding carboxylic acids is 2. The minimum Gasteiger partial charge on any atom is -0.507 e. The van der Waals surface area contributed by atoms with Crippen molar-refractivity contribution in [2.75, 3.05) is 20.3 Å². The molecule has 0 aromatic heterocycles. The number of amides is 1. The predicted molar refractivity (Wildman–Crippen MR) is 130 cm³/mol. The molecule has 0 radical (unpaired) electrons. The number of aryl methyl sites for hydroxylation is 1. The number of nitrogens with zero attached hydrogens (tertiary/aromatic N) is 1. The van der Waals surface area contributed by atoms with Crippen molar-refractivity contribution in [3.8, 4) is 17.2 Å². The lowest BCUT2D eigenvalue weighted by Gasteiger charge is -2.25. The van der Waals surface area contributed by atoms with E-state index in [4.69, 9.17) is 14.2 Å². The molecule has 2 aromatic rings. The topological polar surface area (TPSA) is 85.3 Å². The average molecular weight is 468 g/mol. The molecule has 1 saturated heterocycles. The standard InChI is InChI=1S/C27H33NO6/c1-7-13-28-24(18-9-12-21(33-8-2)22(15-18)32-6)23(26(30)27(28)31)25(29)19-10-11-20(17(5)14-19)34-16(3)4/h9-12,14-16,24,29H,7-8,13H2,1-6H3/b25-23-. The Morgan fingerprint density at radius 1 is 1.06 bits per heavy atom. The van der Waals surface area contributed by atoms with Gasteiger partial charge in [0, 0.05) is 12.1 Å². The predicted octanol–water partition coefficient (Wildman–Crippen LogP) is 5.02. The highest BCUT2D eigenvalue weighted by Gasteiger charge is 2.45. The fourth-order valence-corrected chi connectivity index (χ4v) is 4.17. The Morgan fingerprint density at radius 3 is 2.35 bits per heavy atom. The normalized spacial score (nSPS) is 17.4. The van der Waals surface area contributed by atoms with Gasteiger partial charge in [0.15, 0.2) is 11.5 Å². The smallest absolute Gasteiger partial charge is 0.295 e. The summed E-state index contributed by atoms with van der Waals surface area (Å²) in [5, 5.41) is 11.3. The van der Waals surface area contributed by atoms with Crippen LogP contribution in [0.15, 0.2) is 42.0 Å². The van der Waals surface area contributed by atoms with Crippen molar-refractivity contribution in [2.45, 2.75) is 53.2 Å². The van der Waals surface area contributed by atoms with Gasteiger partial charge < -0.3 is 24.2 Å². The first-order valence-electron chi connectivity index (χ1n) is 11.6. The number of methoxy groups -OCH3 is 1. The van der Waals surface area contributed by atoms with Crippen LogP contribution < -0.4 is 14.2 Å². The zero-order valence-electron chi connectivity index (χ0n) is 20.7. The summed E-state index contributed by atoms with van der Waals surface area (Å²) in [7, 11) is 1.54. The van der Waals surface area contributed by atoms with Crippen LogP contribution in [0.1, 0.15) is 56.8 Å². The van der Waals surface area contributed by atoms with Crippen LogP contribution in [0.4, 0.5) is 0 Å². The number of carbonyl (C=O) groups is 2. The summed E-state index contributed by atoms with van der Waals surface area (Å²) in [6.07, 6.45) is 0.671. The fourth-order valence-electron chi connectivity index (χ4n) is 4.17. The van der Waals surface area contributed by atoms with Gasteiger partial charge in [-0.15, -0.1) is 0 Å². The molecule has 34 heavy (non-hydrogen) atoms. The molecule has 0 bridgehead atoms. The van der Waals surface area contributed by atoms with Crippen LogP contribution in [-0.4, -0.2) is 48.1 Å². The second-order valence-electron chi connectivity index (χ2n) is 8.48. The minimum atomic E-state index is -0.739. The Balaban J connectivity index is 2.15. The van der Waals surface area contributed by atoms with Crippen LogP contribution >= 0.6 is 0 Å². The molecule has 7 nitrogen and oxygen atoms in total. The summed E-state index contributed by atoms with van der Waals surface area (Å²) in [6.45, 7) is 10.4. The largest absolute Gasteiger partial charge is 0.507 e. The van der Waals surface area contributed by atoms with Crippen LogP contribution in [0, 0.1) is 6.92 Å². The van der Waals surface area contributed by atoms with Crippen molar-refractivity contribution in [2.24, 2.45) is 0 Å². The number of Topliss-reactive ketones (excluding diaryl/α,β-unsaturated/α-hetero) is 1. The van der Waals surface area contributed by atoms with E-state index in [0.717, 1.165) is 5.56 Å². The maximum atomic E-state index is 13.1. The summed E-state index contributed by atoms with van der Waals surface area (Å²) in [5.41, 5.74) is 1.98. The first-order chi connectivity index (χ1) is 16.2. The van der Waals surface area contributed by atoms with Gasteiger partial charge in [0.1, 0.15) is 11.5 Å². The quantitative estimate of drug-likeness (QED) is 0.317. The number of hydrogen-bond acceptors (Lipinski definition) is 6. The van der Waals surface area contributed by atoms with Gasteiger partial charge in [-0.2, -0.15) is 0 Å². The van der Waals surface area contributed by atoms with Crippen LogP contribution in [-0.2, 0) is 9.59 Å². The summed E-state index contributed by atoms with van der Waals surface area (Å²) < 4.78 is 16.9. The van der Waals surface area contributed by atoms with E-state index in [0.29, 0.717) is 47.9 Å². The molecule has 0 spiro atoms. The van der Waals surface area contributed by atoms with Crippen molar-refractivity contribution >= 4 is 17.4 Å². The highest BCUT2D eigenvalue weighted by molar-refractivity contribution is 6.46. The number of ketones is 1. The Hall–Kier alpha value is -3.48. The minimum absolute atomic E-state index is 0.00663. The van der Waals surface area contributed by atoms with E-state index in [1.165, 1.54) is 12.0 Å². The lowest BCUT2D eigenvalue weighted by molar-refractivity contribution is -0.139. The van der Waals surface area contributed by atoms with Crippen LogP contribution in [0.25, 0.3) is 5.76 Å². The molecule has 1 N–H and O–H groups in total. The molecule has 2 aromatic carbocycles. The highest BCUT2D eigenvalue weighted by Crippen LogP contribution is 2.42. The molecule has 182 valence electrons. The van der Waals surface area contributed by atoms with Gasteiger partial charge in [-0.25, -0.2) is 0 Å². The Morgan fingerprint density at radius 2 is 1.76 bits per heavy atom. The molecule has 7 heteroatoms. The molecule has 1 unspecified atom stereocenters. The molecule has 3 rings (SSSR count). The van der Waals surface area contributed by atoms with Crippen LogP contribution in [0.2, 0.25) is 0 Å². The zero-order chi connectivity index (χ0) is 25.0. The third-order valence-electron chi connectivity index (χ3n) is 5.62. The maximum Gasteiger partial charge on any atom is 0.295 e. The highest BCUT2D eigenvalue weighted by atomic mass is 16.5. The van der Waals surface area contributed by atoms with E-state index < -0.39 is 17.7 Å². The molecule has 1 heterocycles. The summed E-state index contributed by atoms with van der Waals surface area (Å²) in [4.78, 5) is 27.6. The summed E-state index contributed by atoms with van der Waals surface area (Å²) >= 11 is 0. The summed E-state index contributed by atoms with van der Waals surface area (Å²) in [5.74, 6) is 0.214. The number of ether oxygens (including phenoxy) is 3. The fraction of sp³-hybridized carbons (Fsp3) is 0.407. The number of likely N-dealkylation sites (tertiary alicyclic amines) is 1. The number of hydrogen-bond donors (Lipinski definition) is 1. The van der Waals surface area contributed by atoms with Gasteiger partial charge >= 0.3 is 0 Å². The van der Waals surface area contributed by atoms with Gasteiger partial charge in [-0.1, -0.05) is 13.0 Å². The molecule has 0 aliphatic carbocycles. The van der Waals surface area contributed by atoms with Gasteiger partial charge in [-0.05, 0) is 75.6 Å². The third-order valence-corrected chi connectivity index (χ3v) is 5.62. The summed E-state index contributed by atoms with van der Waals surface area (Å²) in [6, 6.07) is 9.79. The molecule has 1 amide bonds. The van der Waals surface area contributed by atoms with E-state index in [9.17, 15) is 14.7 Å². The van der Waals surface area contributed by atoms with E-state index in [1.807, 2.05) is 34.6 Å². The zero-order valence-corrected chi connectivity index (χ0v) is 20.7. The van der Waals surface area contributed by atoms with E-state index in [2.05, 4.69) is 0 Å². The van der Waals surface area contributed by atoms with E-state index in [1.54, 1.807) is 36.4 Å². The van der Waals surface area contributed by atoms with E-state index >= 15 is 0 Å². The SMILES string of the molecule is CCCN1C(=O)C(=O)/C(=C(\O)c2ccc(OC(C)C)c(C)c2)C1c1ccc(OCC)c(OC)c1. The molecular weight excluding hydrogens is 434 g/mol. The van der Waals surface area contributed by atoms with Crippen molar-refractivity contribution < 1.29 is 28.9 Å². The second kappa shape index (κ2) is 10.6. The van der Waals surface area contributed by atoms with Crippen molar-refractivity contribution in [3.63, 3.8) is 0 Å². The number of aliphatic hydroxyl groups is 1. The average Bonchev–Trinajstić information content (AvgIpc) is 3.05. The lowest BCUT2D eigenvalue weighted by Crippen LogP contribution is -2.30. The third kappa shape index (κ3) is 4.88. The van der Waals surface area contributed by atoms with Crippen LogP contribution in [0.3, 0.4) is 0 Å². The van der Waals surface area contributed by atoms with Crippen molar-refractivity contribution in [1.82, 2.24) is 4.90 Å². The Bertz CT molecular complexity index is 1100. The Kier molecular flexibility index (Phi) is 7.87. The van der Waals surface area contributed by atoms with E-state index in [-0.39, 0.29) is 17.4 Å². The van der Waals surface area contributed by atoms with Gasteiger partial charge in [0.2, 0.25) is 0 Å². The second-order valence-corrected chi connectivity index (χ2v) is 8.48.